The highest BCUT2D eigenvalue weighted by Gasteiger charge is 2.19. The van der Waals surface area contributed by atoms with Gasteiger partial charge >= 0.3 is 0 Å². The number of anilines is 1. The van der Waals surface area contributed by atoms with Crippen molar-refractivity contribution in [3.8, 4) is 11.4 Å². The molecule has 0 bridgehead atoms. The quantitative estimate of drug-likeness (QED) is 0.862. The molecule has 1 aliphatic rings. The van der Waals surface area contributed by atoms with Gasteiger partial charge in [0.2, 0.25) is 0 Å². The number of H-pyrrole nitrogens is 1. The van der Waals surface area contributed by atoms with Crippen LogP contribution in [0.25, 0.3) is 11.4 Å². The van der Waals surface area contributed by atoms with Crippen LogP contribution in [0.5, 0.6) is 0 Å². The Balaban J connectivity index is 1.61. The van der Waals surface area contributed by atoms with Crippen molar-refractivity contribution in [2.75, 3.05) is 25.0 Å². The highest BCUT2D eigenvalue weighted by atomic mass is 16.1. The molecule has 6 nitrogen and oxygen atoms in total. The molecule has 0 atom stereocenters. The van der Waals surface area contributed by atoms with Crippen LogP contribution < -0.4 is 10.9 Å². The van der Waals surface area contributed by atoms with E-state index in [9.17, 15) is 4.79 Å². The molecule has 2 aromatic heterocycles. The number of aryl methyl sites for hydroxylation is 1. The first kappa shape index (κ1) is 18.6. The fourth-order valence-corrected chi connectivity index (χ4v) is 3.39. The molecule has 0 spiro atoms. The molecule has 0 unspecified atom stereocenters. The first-order chi connectivity index (χ1) is 12.4. The number of hydrogen-bond donors (Lipinski definition) is 2. The Morgan fingerprint density at radius 3 is 2.58 bits per heavy atom. The standard InChI is InChI=1S/C20H29N5O/c1-13(2)12-25-9-7-17(8-10-25)23-18-6-5-16(11-21-18)19-22-15(4)14(3)20(26)24-19/h5-6,11,13,17H,7-10,12H2,1-4H3,(H,21,23)(H,22,24,26). The summed E-state index contributed by atoms with van der Waals surface area (Å²) in [6, 6.07) is 4.39. The second-order valence-corrected chi connectivity index (χ2v) is 7.67. The summed E-state index contributed by atoms with van der Waals surface area (Å²) in [4.78, 5) is 26.3. The van der Waals surface area contributed by atoms with Crippen LogP contribution in [0.2, 0.25) is 0 Å². The van der Waals surface area contributed by atoms with E-state index in [1.807, 2.05) is 19.1 Å². The van der Waals surface area contributed by atoms with E-state index in [2.05, 4.69) is 39.0 Å². The Hall–Kier alpha value is -2.21. The number of likely N-dealkylation sites (tertiary alicyclic amines) is 1. The number of piperidine rings is 1. The Morgan fingerprint density at radius 1 is 1.27 bits per heavy atom. The predicted octanol–water partition coefficient (Wildman–Crippen LogP) is 2.98. The third-order valence-electron chi connectivity index (χ3n) is 4.99. The van der Waals surface area contributed by atoms with Gasteiger partial charge in [0, 0.05) is 48.7 Å². The van der Waals surface area contributed by atoms with Crippen LogP contribution in [0.1, 0.15) is 37.9 Å². The minimum Gasteiger partial charge on any atom is -0.367 e. The fraction of sp³-hybridized carbons (Fsp3) is 0.550. The Labute approximate surface area is 155 Å². The summed E-state index contributed by atoms with van der Waals surface area (Å²) < 4.78 is 0. The molecule has 2 N–H and O–H groups in total. The number of aromatic amines is 1. The molecule has 0 aromatic carbocycles. The summed E-state index contributed by atoms with van der Waals surface area (Å²) in [6.45, 7) is 11.6. The van der Waals surface area contributed by atoms with Crippen molar-refractivity contribution in [3.05, 3.63) is 39.9 Å². The van der Waals surface area contributed by atoms with Gasteiger partial charge in [-0.25, -0.2) is 9.97 Å². The van der Waals surface area contributed by atoms with E-state index < -0.39 is 0 Å². The normalized spacial score (nSPS) is 16.2. The van der Waals surface area contributed by atoms with E-state index in [4.69, 9.17) is 0 Å². The molecule has 1 fully saturated rings. The van der Waals surface area contributed by atoms with Gasteiger partial charge in [-0.2, -0.15) is 0 Å². The van der Waals surface area contributed by atoms with Gasteiger partial charge in [-0.3, -0.25) is 4.79 Å². The van der Waals surface area contributed by atoms with Crippen LogP contribution in [-0.2, 0) is 0 Å². The molecular formula is C20H29N5O. The number of nitrogens with one attached hydrogen (secondary N) is 2. The predicted molar refractivity (Wildman–Crippen MR) is 105 cm³/mol. The topological polar surface area (TPSA) is 73.9 Å². The number of nitrogens with zero attached hydrogens (tertiary/aromatic N) is 3. The molecule has 140 valence electrons. The number of pyridine rings is 1. The lowest BCUT2D eigenvalue weighted by Crippen LogP contribution is -2.40. The first-order valence-corrected chi connectivity index (χ1v) is 9.45. The smallest absolute Gasteiger partial charge is 0.254 e. The van der Waals surface area contributed by atoms with E-state index in [1.165, 1.54) is 6.54 Å². The maximum Gasteiger partial charge on any atom is 0.254 e. The maximum atomic E-state index is 11.9. The highest BCUT2D eigenvalue weighted by Crippen LogP contribution is 2.19. The van der Waals surface area contributed by atoms with E-state index in [0.717, 1.165) is 48.9 Å². The lowest BCUT2D eigenvalue weighted by atomic mass is 10.0. The molecule has 3 rings (SSSR count). The van der Waals surface area contributed by atoms with Crippen molar-refractivity contribution in [3.63, 3.8) is 0 Å². The van der Waals surface area contributed by atoms with Crippen LogP contribution in [0, 0.1) is 19.8 Å². The van der Waals surface area contributed by atoms with Crippen LogP contribution in [0.3, 0.4) is 0 Å². The molecule has 0 aliphatic carbocycles. The van der Waals surface area contributed by atoms with Crippen molar-refractivity contribution in [2.45, 2.75) is 46.6 Å². The zero-order chi connectivity index (χ0) is 18.7. The summed E-state index contributed by atoms with van der Waals surface area (Å²) >= 11 is 0. The molecule has 3 heterocycles. The third-order valence-corrected chi connectivity index (χ3v) is 4.99. The molecule has 26 heavy (non-hydrogen) atoms. The van der Waals surface area contributed by atoms with Crippen molar-refractivity contribution in [1.82, 2.24) is 19.9 Å². The summed E-state index contributed by atoms with van der Waals surface area (Å²) in [5.41, 5.74) is 2.13. The van der Waals surface area contributed by atoms with Crippen molar-refractivity contribution in [2.24, 2.45) is 5.92 Å². The third kappa shape index (κ3) is 4.49. The largest absolute Gasteiger partial charge is 0.367 e. The average molecular weight is 355 g/mol. The average Bonchev–Trinajstić information content (AvgIpc) is 2.61. The number of hydrogen-bond acceptors (Lipinski definition) is 5. The van der Waals surface area contributed by atoms with Gasteiger partial charge in [-0.05, 0) is 44.7 Å². The van der Waals surface area contributed by atoms with Crippen molar-refractivity contribution in [1.29, 1.82) is 0 Å². The van der Waals surface area contributed by atoms with E-state index in [1.54, 1.807) is 13.1 Å². The van der Waals surface area contributed by atoms with Gasteiger partial charge in [-0.15, -0.1) is 0 Å². The molecule has 0 radical (unpaired) electrons. The summed E-state index contributed by atoms with van der Waals surface area (Å²) in [5, 5.41) is 3.54. The van der Waals surface area contributed by atoms with Gasteiger partial charge in [0.05, 0.1) is 0 Å². The number of rotatable bonds is 5. The van der Waals surface area contributed by atoms with Crippen molar-refractivity contribution < 1.29 is 0 Å². The lowest BCUT2D eigenvalue weighted by molar-refractivity contribution is 0.198. The lowest BCUT2D eigenvalue weighted by Gasteiger charge is -2.33. The van der Waals surface area contributed by atoms with Gasteiger partial charge in [0.15, 0.2) is 0 Å². The Morgan fingerprint density at radius 2 is 2.00 bits per heavy atom. The molecule has 2 aromatic rings. The summed E-state index contributed by atoms with van der Waals surface area (Å²) in [5.74, 6) is 2.17. The van der Waals surface area contributed by atoms with Crippen LogP contribution in [-0.4, -0.2) is 45.5 Å². The second kappa shape index (κ2) is 7.99. The maximum absolute atomic E-state index is 11.9. The van der Waals surface area contributed by atoms with Gasteiger partial charge in [0.25, 0.3) is 5.56 Å². The molecule has 1 saturated heterocycles. The fourth-order valence-electron chi connectivity index (χ4n) is 3.39. The molecule has 0 amide bonds. The molecular weight excluding hydrogens is 326 g/mol. The summed E-state index contributed by atoms with van der Waals surface area (Å²) in [7, 11) is 0. The van der Waals surface area contributed by atoms with Crippen LogP contribution in [0.15, 0.2) is 23.1 Å². The minimum atomic E-state index is -0.0946. The van der Waals surface area contributed by atoms with Crippen LogP contribution >= 0.6 is 0 Å². The molecule has 6 heteroatoms. The SMILES string of the molecule is Cc1nc(-c2ccc(NC3CCN(CC(C)C)CC3)nc2)[nH]c(=O)c1C. The Bertz CT molecular complexity index is 789. The van der Waals surface area contributed by atoms with Crippen molar-refractivity contribution >= 4 is 5.82 Å². The van der Waals surface area contributed by atoms with Crippen LogP contribution in [0.4, 0.5) is 5.82 Å². The Kier molecular flexibility index (Phi) is 5.71. The highest BCUT2D eigenvalue weighted by molar-refractivity contribution is 5.56. The first-order valence-electron chi connectivity index (χ1n) is 9.45. The monoisotopic (exact) mass is 355 g/mol. The second-order valence-electron chi connectivity index (χ2n) is 7.67. The zero-order valence-corrected chi connectivity index (χ0v) is 16.2. The van der Waals surface area contributed by atoms with Gasteiger partial charge in [0.1, 0.15) is 11.6 Å². The van der Waals surface area contributed by atoms with Gasteiger partial charge in [-0.1, -0.05) is 13.8 Å². The van der Waals surface area contributed by atoms with E-state index >= 15 is 0 Å². The molecule has 0 saturated carbocycles. The van der Waals surface area contributed by atoms with E-state index in [0.29, 0.717) is 17.4 Å². The van der Waals surface area contributed by atoms with E-state index in [-0.39, 0.29) is 5.56 Å². The van der Waals surface area contributed by atoms with Gasteiger partial charge < -0.3 is 15.2 Å². The zero-order valence-electron chi connectivity index (χ0n) is 16.2. The minimum absolute atomic E-state index is 0.0946. The molecule has 1 aliphatic heterocycles. The number of aromatic nitrogens is 3. The summed E-state index contributed by atoms with van der Waals surface area (Å²) in [6.07, 6.45) is 4.05.